The molecule has 0 spiro atoms. The van der Waals surface area contributed by atoms with Crippen LogP contribution in [0.15, 0.2) is 82.6 Å². The highest BCUT2D eigenvalue weighted by atomic mass is 32.2. The van der Waals surface area contributed by atoms with E-state index in [-0.39, 0.29) is 0 Å². The van der Waals surface area contributed by atoms with Crippen LogP contribution in [0.4, 0.5) is 0 Å². The first-order valence-electron chi connectivity index (χ1n) is 8.88. The molecule has 3 heterocycles. The van der Waals surface area contributed by atoms with Crippen molar-refractivity contribution in [1.29, 1.82) is 0 Å². The molecule has 0 N–H and O–H groups in total. The van der Waals surface area contributed by atoms with Crippen LogP contribution in [-0.4, -0.2) is 31.9 Å². The minimum absolute atomic E-state index is 0.570. The molecule has 0 saturated carbocycles. The fourth-order valence-electron chi connectivity index (χ4n) is 3.03. The summed E-state index contributed by atoms with van der Waals surface area (Å²) in [7, 11) is 0. The number of nitrogens with zero attached hydrogens (tertiary/aromatic N) is 4. The van der Waals surface area contributed by atoms with Crippen LogP contribution >= 0.6 is 11.8 Å². The zero-order chi connectivity index (χ0) is 18.8. The monoisotopic (exact) mass is 388 g/mol. The summed E-state index contributed by atoms with van der Waals surface area (Å²) in [4.78, 5) is 4.80. The maximum Gasteiger partial charge on any atom is 0.197 e. The molecule has 0 amide bonds. The van der Waals surface area contributed by atoms with E-state index in [1.807, 2.05) is 71.1 Å². The lowest BCUT2D eigenvalue weighted by Crippen LogP contribution is -2.02. The Kier molecular flexibility index (Phi) is 4.42. The molecule has 0 aliphatic carbocycles. The standard InChI is InChI=1S/C21H16N4O2S/c1-2-7-15(8-3-1)26-13-14-28-21-24-23-19-16-9-4-5-10-17(16)22-20(25(19)21)18-11-6-12-27-18/h1-12H,13-14H2. The third-order valence-electron chi connectivity index (χ3n) is 4.28. The van der Waals surface area contributed by atoms with Crippen molar-refractivity contribution in [2.24, 2.45) is 0 Å². The number of furan rings is 1. The van der Waals surface area contributed by atoms with Gasteiger partial charge < -0.3 is 9.15 Å². The van der Waals surface area contributed by atoms with Crippen LogP contribution in [-0.2, 0) is 0 Å². The maximum atomic E-state index is 5.78. The Morgan fingerprint density at radius 2 is 1.79 bits per heavy atom. The second-order valence-electron chi connectivity index (χ2n) is 6.08. The van der Waals surface area contributed by atoms with Gasteiger partial charge in [-0.15, -0.1) is 10.2 Å². The zero-order valence-electron chi connectivity index (χ0n) is 14.9. The van der Waals surface area contributed by atoms with Gasteiger partial charge in [-0.2, -0.15) is 0 Å². The van der Waals surface area contributed by atoms with E-state index in [1.165, 1.54) is 0 Å². The second-order valence-corrected chi connectivity index (χ2v) is 7.14. The summed E-state index contributed by atoms with van der Waals surface area (Å²) in [6.45, 7) is 0.570. The summed E-state index contributed by atoms with van der Waals surface area (Å²) in [5.41, 5.74) is 1.63. The second kappa shape index (κ2) is 7.36. The van der Waals surface area contributed by atoms with Crippen molar-refractivity contribution in [1.82, 2.24) is 19.6 Å². The van der Waals surface area contributed by atoms with Crippen LogP contribution < -0.4 is 4.74 Å². The molecular weight excluding hydrogens is 372 g/mol. The highest BCUT2D eigenvalue weighted by Gasteiger charge is 2.18. The number of fused-ring (bicyclic) bond motifs is 3. The summed E-state index contributed by atoms with van der Waals surface area (Å²) in [5, 5.41) is 10.5. The Hall–Kier alpha value is -3.32. The Morgan fingerprint density at radius 1 is 0.929 bits per heavy atom. The predicted octanol–water partition coefficient (Wildman–Crippen LogP) is 4.71. The summed E-state index contributed by atoms with van der Waals surface area (Å²) in [6, 6.07) is 21.4. The quantitative estimate of drug-likeness (QED) is 0.310. The van der Waals surface area contributed by atoms with Crippen molar-refractivity contribution in [3.63, 3.8) is 0 Å². The Balaban J connectivity index is 1.48. The molecule has 28 heavy (non-hydrogen) atoms. The average molecular weight is 388 g/mol. The number of para-hydroxylation sites is 2. The molecule has 0 aliphatic rings. The number of benzene rings is 2. The topological polar surface area (TPSA) is 65.5 Å². The van der Waals surface area contributed by atoms with E-state index >= 15 is 0 Å². The van der Waals surface area contributed by atoms with Gasteiger partial charge in [-0.05, 0) is 36.4 Å². The molecule has 0 radical (unpaired) electrons. The van der Waals surface area contributed by atoms with Gasteiger partial charge in [-0.3, -0.25) is 4.40 Å². The lowest BCUT2D eigenvalue weighted by Gasteiger charge is -2.08. The largest absolute Gasteiger partial charge is 0.493 e. The number of thioether (sulfide) groups is 1. The van der Waals surface area contributed by atoms with Gasteiger partial charge in [-0.25, -0.2) is 4.98 Å². The van der Waals surface area contributed by atoms with E-state index < -0.39 is 0 Å². The van der Waals surface area contributed by atoms with Crippen molar-refractivity contribution in [3.05, 3.63) is 73.0 Å². The van der Waals surface area contributed by atoms with Crippen molar-refractivity contribution in [2.75, 3.05) is 12.4 Å². The van der Waals surface area contributed by atoms with Crippen molar-refractivity contribution < 1.29 is 9.15 Å². The van der Waals surface area contributed by atoms with Gasteiger partial charge in [0.05, 0.1) is 18.4 Å². The fourth-order valence-corrected chi connectivity index (χ4v) is 3.78. The third-order valence-corrected chi connectivity index (χ3v) is 5.18. The molecule has 2 aromatic carbocycles. The molecule has 3 aromatic heterocycles. The molecule has 0 aliphatic heterocycles. The normalized spacial score (nSPS) is 11.3. The molecule has 0 fully saturated rings. The number of rotatable bonds is 6. The summed E-state index contributed by atoms with van der Waals surface area (Å²) >= 11 is 1.58. The van der Waals surface area contributed by atoms with Crippen molar-refractivity contribution >= 4 is 28.3 Å². The highest BCUT2D eigenvalue weighted by Crippen LogP contribution is 2.29. The van der Waals surface area contributed by atoms with Gasteiger partial charge in [-0.1, -0.05) is 42.1 Å². The van der Waals surface area contributed by atoms with Gasteiger partial charge in [0, 0.05) is 11.1 Å². The van der Waals surface area contributed by atoms with E-state index in [9.17, 15) is 0 Å². The molecule has 138 valence electrons. The van der Waals surface area contributed by atoms with Gasteiger partial charge >= 0.3 is 0 Å². The number of hydrogen-bond acceptors (Lipinski definition) is 6. The number of ether oxygens (including phenoxy) is 1. The van der Waals surface area contributed by atoms with E-state index in [0.29, 0.717) is 18.2 Å². The summed E-state index contributed by atoms with van der Waals surface area (Å²) < 4.78 is 13.3. The molecule has 6 nitrogen and oxygen atoms in total. The molecule has 0 unspecified atom stereocenters. The molecular formula is C21H16N4O2S. The average Bonchev–Trinajstić information content (AvgIpc) is 3.42. The van der Waals surface area contributed by atoms with Gasteiger partial charge in [0.1, 0.15) is 5.75 Å². The van der Waals surface area contributed by atoms with Crippen molar-refractivity contribution in [3.8, 4) is 17.3 Å². The van der Waals surface area contributed by atoms with Gasteiger partial charge in [0.25, 0.3) is 0 Å². The van der Waals surface area contributed by atoms with Crippen LogP contribution in [0.1, 0.15) is 0 Å². The van der Waals surface area contributed by atoms with Crippen LogP contribution in [0.2, 0.25) is 0 Å². The smallest absolute Gasteiger partial charge is 0.197 e. The van der Waals surface area contributed by atoms with Crippen LogP contribution in [0, 0.1) is 0 Å². The number of aromatic nitrogens is 4. The lowest BCUT2D eigenvalue weighted by atomic mass is 10.2. The van der Waals surface area contributed by atoms with Crippen molar-refractivity contribution in [2.45, 2.75) is 5.16 Å². The van der Waals surface area contributed by atoms with E-state index in [0.717, 1.165) is 33.2 Å². The molecule has 0 saturated heterocycles. The van der Waals surface area contributed by atoms with Gasteiger partial charge in [0.2, 0.25) is 0 Å². The molecule has 0 atom stereocenters. The summed E-state index contributed by atoms with van der Waals surface area (Å²) in [5.74, 6) is 2.96. The SMILES string of the molecule is c1ccc(OCCSc2nnc3c4ccccc4nc(-c4ccco4)n23)cc1. The van der Waals surface area contributed by atoms with Crippen LogP contribution in [0.25, 0.3) is 28.1 Å². The Bertz CT molecular complexity index is 1220. The van der Waals surface area contributed by atoms with E-state index in [2.05, 4.69) is 10.2 Å². The summed E-state index contributed by atoms with van der Waals surface area (Å²) in [6.07, 6.45) is 1.64. The van der Waals surface area contributed by atoms with Crippen LogP contribution in [0.5, 0.6) is 5.75 Å². The molecule has 7 heteroatoms. The molecule has 5 aromatic rings. The lowest BCUT2D eigenvalue weighted by molar-refractivity contribution is 0.344. The first-order valence-corrected chi connectivity index (χ1v) is 9.87. The first kappa shape index (κ1) is 16.8. The van der Waals surface area contributed by atoms with E-state index in [4.69, 9.17) is 14.1 Å². The zero-order valence-corrected chi connectivity index (χ0v) is 15.7. The maximum absolute atomic E-state index is 5.78. The Labute approximate surface area is 165 Å². The molecule has 0 bridgehead atoms. The minimum Gasteiger partial charge on any atom is -0.493 e. The Morgan fingerprint density at radius 3 is 2.64 bits per heavy atom. The third kappa shape index (κ3) is 3.10. The van der Waals surface area contributed by atoms with Gasteiger partial charge in [0.15, 0.2) is 22.4 Å². The van der Waals surface area contributed by atoms with E-state index in [1.54, 1.807) is 18.0 Å². The first-order chi connectivity index (χ1) is 13.9. The minimum atomic E-state index is 0.570. The molecule has 5 rings (SSSR count). The van der Waals surface area contributed by atoms with Crippen LogP contribution in [0.3, 0.4) is 0 Å². The predicted molar refractivity (Wildman–Crippen MR) is 109 cm³/mol. The number of hydrogen-bond donors (Lipinski definition) is 0. The highest BCUT2D eigenvalue weighted by molar-refractivity contribution is 7.99. The fraction of sp³-hybridized carbons (Fsp3) is 0.0952.